The zero-order chi connectivity index (χ0) is 41.6. The Hall–Kier alpha value is -6.63. The number of amides is 7. The third-order valence-electron chi connectivity index (χ3n) is 11.3. The molecular formula is C45H46N6O7. The predicted molar refractivity (Wildman–Crippen MR) is 215 cm³/mol. The van der Waals surface area contributed by atoms with Gasteiger partial charge in [0, 0.05) is 41.3 Å². The van der Waals surface area contributed by atoms with Crippen LogP contribution in [0.25, 0.3) is 0 Å². The summed E-state index contributed by atoms with van der Waals surface area (Å²) in [4.78, 5) is 89.9. The van der Waals surface area contributed by atoms with E-state index >= 15 is 0 Å². The Balaban J connectivity index is 0.000000132. The van der Waals surface area contributed by atoms with Crippen molar-refractivity contribution >= 4 is 41.4 Å². The maximum Gasteiger partial charge on any atom is 0.262 e. The molecule has 6 aliphatic rings. The van der Waals surface area contributed by atoms with Gasteiger partial charge in [0.15, 0.2) is 0 Å². The second-order valence-electron chi connectivity index (χ2n) is 15.7. The number of fused-ring (bicyclic) bond motifs is 3. The molecule has 6 heterocycles. The molecule has 6 aliphatic heterocycles. The van der Waals surface area contributed by atoms with E-state index in [1.165, 1.54) is 0 Å². The summed E-state index contributed by atoms with van der Waals surface area (Å²) in [6.07, 6.45) is 3.77. The van der Waals surface area contributed by atoms with Gasteiger partial charge in [0.05, 0.1) is 11.1 Å². The van der Waals surface area contributed by atoms with Gasteiger partial charge < -0.3 is 25.8 Å². The van der Waals surface area contributed by atoms with Crippen LogP contribution in [0, 0.1) is 20.8 Å². The molecule has 7 amide bonds. The Morgan fingerprint density at radius 1 is 0.466 bits per heavy atom. The first-order valence-electron chi connectivity index (χ1n) is 19.4. The van der Waals surface area contributed by atoms with Crippen LogP contribution in [-0.4, -0.2) is 74.2 Å². The first kappa shape index (κ1) is 39.6. The van der Waals surface area contributed by atoms with Crippen molar-refractivity contribution in [1.82, 2.24) is 30.7 Å². The van der Waals surface area contributed by atoms with Gasteiger partial charge in [0.1, 0.15) is 18.1 Å². The Labute approximate surface area is 336 Å². The Morgan fingerprint density at radius 3 is 1.41 bits per heavy atom. The molecule has 0 aliphatic carbocycles. The summed E-state index contributed by atoms with van der Waals surface area (Å²) in [5.74, 6) is -1.43. The van der Waals surface area contributed by atoms with E-state index in [4.69, 9.17) is 0 Å². The quantitative estimate of drug-likeness (QED) is 0.319. The highest BCUT2D eigenvalue weighted by Crippen LogP contribution is 2.31. The fourth-order valence-corrected chi connectivity index (χ4v) is 8.20. The van der Waals surface area contributed by atoms with Crippen LogP contribution in [-0.2, 0) is 27.5 Å². The highest BCUT2D eigenvalue weighted by molar-refractivity contribution is 6.23. The van der Waals surface area contributed by atoms with Gasteiger partial charge in [-0.2, -0.15) is 0 Å². The highest BCUT2D eigenvalue weighted by atomic mass is 16.2. The van der Waals surface area contributed by atoms with Crippen LogP contribution < -0.4 is 16.0 Å². The lowest BCUT2D eigenvalue weighted by atomic mass is 10.0. The molecule has 3 fully saturated rings. The summed E-state index contributed by atoms with van der Waals surface area (Å²) in [6.45, 7) is 18.1. The molecule has 0 bridgehead atoms. The van der Waals surface area contributed by atoms with Gasteiger partial charge in [-0.05, 0) is 94.7 Å². The molecule has 298 valence electrons. The molecule has 3 saturated heterocycles. The highest BCUT2D eigenvalue weighted by Gasteiger charge is 2.44. The van der Waals surface area contributed by atoms with E-state index in [9.17, 15) is 33.6 Å². The Morgan fingerprint density at radius 2 is 0.879 bits per heavy atom. The number of nitrogens with zero attached hydrogens (tertiary/aromatic N) is 3. The minimum absolute atomic E-state index is 0.0358. The first-order chi connectivity index (χ1) is 27.6. The van der Waals surface area contributed by atoms with Crippen LogP contribution in [0.4, 0.5) is 0 Å². The molecule has 0 saturated carbocycles. The summed E-state index contributed by atoms with van der Waals surface area (Å²) >= 11 is 0. The zero-order valence-corrected chi connectivity index (χ0v) is 32.9. The normalized spacial score (nSPS) is 22.3. The number of rotatable bonds is 3. The van der Waals surface area contributed by atoms with Crippen LogP contribution in [0.3, 0.4) is 0 Å². The summed E-state index contributed by atoms with van der Waals surface area (Å²) in [7, 11) is 0. The van der Waals surface area contributed by atoms with Crippen LogP contribution in [0.5, 0.6) is 0 Å². The second-order valence-corrected chi connectivity index (χ2v) is 15.7. The minimum atomic E-state index is -0.742. The van der Waals surface area contributed by atoms with Crippen molar-refractivity contribution in [1.29, 1.82) is 0 Å². The van der Waals surface area contributed by atoms with Crippen LogP contribution in [0.2, 0.25) is 0 Å². The number of imide groups is 1. The fourth-order valence-electron chi connectivity index (χ4n) is 8.20. The van der Waals surface area contributed by atoms with Crippen LogP contribution in [0.15, 0.2) is 91.4 Å². The number of benzene rings is 3. The average molecular weight is 783 g/mol. The number of piperidine rings is 3. The molecule has 13 nitrogen and oxygen atoms in total. The molecule has 3 N–H and O–H groups in total. The monoisotopic (exact) mass is 782 g/mol. The molecular weight excluding hydrogens is 737 g/mol. The van der Waals surface area contributed by atoms with E-state index < -0.39 is 11.9 Å². The SMILES string of the molecule is C=C1CCC(N2C(=O)c3ccc(C)cc3C2=O)C(=O)N1.C=C1CCC(N2Cc3cc(C)ccc3C2=O)C(=O)N1.C=C1CCC(N2Cc3ccc(C)cc3C2=O)C(=O)N1. The number of nitrogens with one attached hydrogen (secondary N) is 3. The van der Waals surface area contributed by atoms with E-state index in [1.54, 1.807) is 28.0 Å². The van der Waals surface area contributed by atoms with Gasteiger partial charge >= 0.3 is 0 Å². The van der Waals surface area contributed by atoms with Gasteiger partial charge in [-0.15, -0.1) is 0 Å². The van der Waals surface area contributed by atoms with Gasteiger partial charge in [-0.1, -0.05) is 66.8 Å². The summed E-state index contributed by atoms with van der Waals surface area (Å²) in [6, 6.07) is 15.3. The van der Waals surface area contributed by atoms with Crippen molar-refractivity contribution in [2.45, 2.75) is 90.5 Å². The van der Waals surface area contributed by atoms with Crippen LogP contribution in [0.1, 0.15) is 108 Å². The molecule has 3 aromatic rings. The maximum absolute atomic E-state index is 12.4. The number of carbonyl (C=O) groups is 7. The molecule has 58 heavy (non-hydrogen) atoms. The lowest BCUT2D eigenvalue weighted by Crippen LogP contribution is -2.51. The van der Waals surface area contributed by atoms with Gasteiger partial charge in [0.25, 0.3) is 23.6 Å². The van der Waals surface area contributed by atoms with Crippen molar-refractivity contribution in [3.8, 4) is 0 Å². The van der Waals surface area contributed by atoms with E-state index in [2.05, 4.69) is 35.7 Å². The number of allylic oxidation sites excluding steroid dienone is 3. The molecule has 0 spiro atoms. The van der Waals surface area contributed by atoms with Crippen molar-refractivity contribution in [3.05, 3.63) is 141 Å². The molecule has 3 unspecified atom stereocenters. The number of hydrogen-bond acceptors (Lipinski definition) is 7. The first-order valence-corrected chi connectivity index (χ1v) is 19.4. The minimum Gasteiger partial charge on any atom is -0.329 e. The maximum atomic E-state index is 12.4. The average Bonchev–Trinajstić information content (AvgIpc) is 3.75. The molecule has 0 aromatic heterocycles. The second kappa shape index (κ2) is 15.7. The zero-order valence-electron chi connectivity index (χ0n) is 32.9. The third-order valence-corrected chi connectivity index (χ3v) is 11.3. The lowest BCUT2D eigenvalue weighted by molar-refractivity contribution is -0.127. The number of hydrogen-bond donors (Lipinski definition) is 3. The van der Waals surface area contributed by atoms with Crippen molar-refractivity contribution in [3.63, 3.8) is 0 Å². The Kier molecular flexibility index (Phi) is 10.7. The van der Waals surface area contributed by atoms with E-state index in [-0.39, 0.29) is 47.5 Å². The summed E-state index contributed by atoms with van der Waals surface area (Å²) in [5.41, 5.74) is 9.44. The van der Waals surface area contributed by atoms with E-state index in [0.29, 0.717) is 55.6 Å². The van der Waals surface area contributed by atoms with Crippen molar-refractivity contribution < 1.29 is 33.6 Å². The molecule has 3 aromatic carbocycles. The third kappa shape index (κ3) is 7.59. The van der Waals surface area contributed by atoms with Crippen LogP contribution >= 0.6 is 0 Å². The number of carbonyl (C=O) groups excluding carboxylic acids is 7. The molecule has 9 rings (SSSR count). The van der Waals surface area contributed by atoms with E-state index in [1.807, 2.05) is 57.2 Å². The van der Waals surface area contributed by atoms with Crippen molar-refractivity contribution in [2.75, 3.05) is 0 Å². The molecule has 0 radical (unpaired) electrons. The molecule has 3 atom stereocenters. The van der Waals surface area contributed by atoms with Gasteiger partial charge in [-0.3, -0.25) is 38.5 Å². The number of aryl methyl sites for hydroxylation is 3. The van der Waals surface area contributed by atoms with Crippen molar-refractivity contribution in [2.24, 2.45) is 0 Å². The lowest BCUT2D eigenvalue weighted by Gasteiger charge is -2.30. The Bertz CT molecular complexity index is 2330. The van der Waals surface area contributed by atoms with E-state index in [0.717, 1.165) is 68.1 Å². The topological polar surface area (TPSA) is 165 Å². The predicted octanol–water partition coefficient (Wildman–Crippen LogP) is 4.87. The standard InChI is InChI=1S/C15H14N2O3.2C15H16N2O2/c1-8-3-5-10-11(7-8)15(20)17(14(10)19)12-6-4-9(2)16-13(12)18;1-9-3-5-12-11(7-9)8-17(15(12)19)13-6-4-10(2)16-14(13)18;1-9-3-5-11-8-17(15(19)12(11)7-9)13-6-4-10(2)16-14(13)18/h3,5,7,12H,2,4,6H2,1H3,(H,16,18);2*3,5,7,13H,2,4,6,8H2,1H3,(H,16,18). The van der Waals surface area contributed by atoms with Gasteiger partial charge in [-0.25, -0.2) is 0 Å². The fraction of sp³-hybridized carbons (Fsp3) is 0.311. The summed E-state index contributed by atoms with van der Waals surface area (Å²) in [5, 5.41) is 8.08. The molecule has 13 heteroatoms. The summed E-state index contributed by atoms with van der Waals surface area (Å²) < 4.78 is 0. The smallest absolute Gasteiger partial charge is 0.262 e. The van der Waals surface area contributed by atoms with Gasteiger partial charge in [0.2, 0.25) is 17.7 Å². The largest absolute Gasteiger partial charge is 0.329 e.